The van der Waals surface area contributed by atoms with Crippen molar-refractivity contribution in [1.29, 1.82) is 0 Å². The molecule has 0 spiro atoms. The van der Waals surface area contributed by atoms with Gasteiger partial charge in [-0.05, 0) is 55.5 Å². The summed E-state index contributed by atoms with van der Waals surface area (Å²) in [7, 11) is 0. The van der Waals surface area contributed by atoms with E-state index in [0.29, 0.717) is 18.6 Å². The van der Waals surface area contributed by atoms with E-state index in [2.05, 4.69) is 6.07 Å². The fourth-order valence-corrected chi connectivity index (χ4v) is 2.77. The smallest absolute Gasteiger partial charge is 0.127 e. The van der Waals surface area contributed by atoms with Gasteiger partial charge in [-0.15, -0.1) is 0 Å². The summed E-state index contributed by atoms with van der Waals surface area (Å²) in [5.74, 6) is 2.37. The highest BCUT2D eigenvalue weighted by atomic mass is 16.5. The van der Waals surface area contributed by atoms with E-state index in [-0.39, 0.29) is 0 Å². The Hall–Kier alpha value is -1.84. The van der Waals surface area contributed by atoms with Crippen molar-refractivity contribution in [3.63, 3.8) is 0 Å². The van der Waals surface area contributed by atoms with E-state index in [1.165, 1.54) is 0 Å². The Morgan fingerprint density at radius 1 is 0.957 bits per heavy atom. The lowest BCUT2D eigenvalue weighted by Gasteiger charge is -2.34. The van der Waals surface area contributed by atoms with E-state index in [1.54, 1.807) is 0 Å². The molecule has 0 radical (unpaired) electrons. The lowest BCUT2D eigenvalue weighted by Crippen LogP contribution is -2.34. The van der Waals surface area contributed by atoms with Gasteiger partial charge in [-0.1, -0.05) is 30.3 Å². The highest BCUT2D eigenvalue weighted by Gasteiger charge is 2.29. The topological polar surface area (TPSA) is 27.7 Å². The van der Waals surface area contributed by atoms with Gasteiger partial charge in [-0.25, -0.2) is 0 Å². The number of benzene rings is 2. The summed E-state index contributed by atoms with van der Waals surface area (Å²) < 4.78 is 17.3. The summed E-state index contributed by atoms with van der Waals surface area (Å²) in [6, 6.07) is 17.9. The van der Waals surface area contributed by atoms with E-state index < -0.39 is 0 Å². The third-order valence-corrected chi connectivity index (χ3v) is 4.11. The maximum absolute atomic E-state index is 5.97. The first-order valence-electron chi connectivity index (χ1n) is 8.34. The summed E-state index contributed by atoms with van der Waals surface area (Å²) in [6.07, 6.45) is 2.60. The van der Waals surface area contributed by atoms with Gasteiger partial charge in [0, 0.05) is 13.2 Å². The number of hydrogen-bond acceptors (Lipinski definition) is 3. The Labute approximate surface area is 138 Å². The molecule has 0 atom stereocenters. The van der Waals surface area contributed by atoms with Crippen LogP contribution in [0.4, 0.5) is 0 Å². The van der Waals surface area contributed by atoms with Gasteiger partial charge in [0.25, 0.3) is 0 Å². The first kappa shape index (κ1) is 16.0. The normalized spacial score (nSPS) is 20.0. The van der Waals surface area contributed by atoms with E-state index in [4.69, 9.17) is 14.2 Å². The van der Waals surface area contributed by atoms with Crippen molar-refractivity contribution in [2.24, 2.45) is 5.92 Å². The first-order valence-corrected chi connectivity index (χ1v) is 8.34. The van der Waals surface area contributed by atoms with Crippen LogP contribution >= 0.6 is 0 Å². The molecule has 1 saturated carbocycles. The second kappa shape index (κ2) is 8.14. The van der Waals surface area contributed by atoms with Crippen molar-refractivity contribution in [1.82, 2.24) is 0 Å². The molecule has 3 rings (SSSR count). The summed E-state index contributed by atoms with van der Waals surface area (Å²) in [5, 5.41) is 0. The van der Waals surface area contributed by atoms with Crippen LogP contribution in [-0.2, 0) is 16.1 Å². The molecule has 0 heterocycles. The molecule has 2 aromatic rings. The summed E-state index contributed by atoms with van der Waals surface area (Å²) in [5.41, 5.74) is 1.15. The zero-order chi connectivity index (χ0) is 15.9. The zero-order valence-corrected chi connectivity index (χ0v) is 13.6. The van der Waals surface area contributed by atoms with Gasteiger partial charge in [0.1, 0.15) is 11.5 Å². The molecule has 3 nitrogen and oxygen atoms in total. The summed E-state index contributed by atoms with van der Waals surface area (Å²) in [6.45, 7) is 4.35. The minimum absolute atomic E-state index is 0.374. The van der Waals surface area contributed by atoms with Crippen molar-refractivity contribution < 1.29 is 14.2 Å². The maximum atomic E-state index is 5.97. The summed E-state index contributed by atoms with van der Waals surface area (Å²) in [4.78, 5) is 0. The monoisotopic (exact) mass is 312 g/mol. The molecule has 3 heteroatoms. The second-order valence-electron chi connectivity index (χ2n) is 5.99. The Bertz CT molecular complexity index is 591. The van der Waals surface area contributed by atoms with Crippen molar-refractivity contribution in [3.8, 4) is 11.5 Å². The van der Waals surface area contributed by atoms with Gasteiger partial charge in [-0.2, -0.15) is 0 Å². The van der Waals surface area contributed by atoms with Gasteiger partial charge in [0.2, 0.25) is 0 Å². The first-order chi connectivity index (χ1) is 11.3. The van der Waals surface area contributed by atoms with Gasteiger partial charge < -0.3 is 14.2 Å². The van der Waals surface area contributed by atoms with Crippen molar-refractivity contribution >= 4 is 0 Å². The molecule has 23 heavy (non-hydrogen) atoms. The largest absolute Gasteiger partial charge is 0.457 e. The van der Waals surface area contributed by atoms with Crippen LogP contribution in [0.2, 0.25) is 0 Å². The lowest BCUT2D eigenvalue weighted by atomic mass is 9.83. The van der Waals surface area contributed by atoms with Gasteiger partial charge in [0.05, 0.1) is 12.7 Å². The molecule has 1 aliphatic carbocycles. The van der Waals surface area contributed by atoms with Crippen LogP contribution in [0, 0.1) is 5.92 Å². The molecule has 0 saturated heterocycles. The van der Waals surface area contributed by atoms with Crippen LogP contribution in [-0.4, -0.2) is 19.3 Å². The number of hydrogen-bond donors (Lipinski definition) is 0. The Morgan fingerprint density at radius 3 is 2.52 bits per heavy atom. The third-order valence-electron chi connectivity index (χ3n) is 4.11. The predicted molar refractivity (Wildman–Crippen MR) is 90.8 cm³/mol. The molecule has 122 valence electrons. The van der Waals surface area contributed by atoms with E-state index in [0.717, 1.165) is 43.1 Å². The SMILES string of the molecule is CCOCC1CC(OCc2cccc(Oc3ccccc3)c2)C1. The number of para-hydroxylation sites is 1. The quantitative estimate of drug-likeness (QED) is 0.700. The maximum Gasteiger partial charge on any atom is 0.127 e. The highest BCUT2D eigenvalue weighted by Crippen LogP contribution is 2.31. The van der Waals surface area contributed by atoms with Crippen LogP contribution in [0.3, 0.4) is 0 Å². The Balaban J connectivity index is 1.45. The molecular weight excluding hydrogens is 288 g/mol. The van der Waals surface area contributed by atoms with Crippen molar-refractivity contribution in [2.75, 3.05) is 13.2 Å². The molecule has 0 amide bonds. The van der Waals surface area contributed by atoms with E-state index in [9.17, 15) is 0 Å². The molecule has 0 unspecified atom stereocenters. The molecule has 0 bridgehead atoms. The molecule has 0 aliphatic heterocycles. The predicted octanol–water partition coefficient (Wildman–Crippen LogP) is 4.81. The average molecular weight is 312 g/mol. The van der Waals surface area contributed by atoms with Crippen LogP contribution in [0.1, 0.15) is 25.3 Å². The molecule has 0 N–H and O–H groups in total. The van der Waals surface area contributed by atoms with Crippen LogP contribution in [0.15, 0.2) is 54.6 Å². The zero-order valence-electron chi connectivity index (χ0n) is 13.6. The molecular formula is C20H24O3. The van der Waals surface area contributed by atoms with Crippen molar-refractivity contribution in [3.05, 3.63) is 60.2 Å². The van der Waals surface area contributed by atoms with E-state index in [1.807, 2.05) is 55.5 Å². The van der Waals surface area contributed by atoms with Crippen molar-refractivity contribution in [2.45, 2.75) is 32.5 Å². The molecule has 2 aromatic carbocycles. The van der Waals surface area contributed by atoms with Crippen LogP contribution in [0.25, 0.3) is 0 Å². The molecule has 1 fully saturated rings. The second-order valence-corrected chi connectivity index (χ2v) is 5.99. The van der Waals surface area contributed by atoms with Crippen LogP contribution in [0.5, 0.6) is 11.5 Å². The Kier molecular flexibility index (Phi) is 5.67. The fourth-order valence-electron chi connectivity index (χ4n) is 2.77. The Morgan fingerprint density at radius 2 is 1.74 bits per heavy atom. The van der Waals surface area contributed by atoms with Crippen LogP contribution < -0.4 is 4.74 Å². The van der Waals surface area contributed by atoms with Gasteiger partial charge in [-0.3, -0.25) is 0 Å². The summed E-state index contributed by atoms with van der Waals surface area (Å²) >= 11 is 0. The van der Waals surface area contributed by atoms with Gasteiger partial charge >= 0.3 is 0 Å². The molecule has 1 aliphatic rings. The third kappa shape index (κ3) is 4.81. The number of ether oxygens (including phenoxy) is 3. The van der Waals surface area contributed by atoms with E-state index >= 15 is 0 Å². The molecule has 0 aromatic heterocycles. The minimum atomic E-state index is 0.374. The standard InChI is InChI=1S/C20H24O3/c1-2-21-14-17-12-20(13-17)22-15-16-7-6-10-19(11-16)23-18-8-4-3-5-9-18/h3-11,17,20H,2,12-15H2,1H3. The number of rotatable bonds is 8. The fraction of sp³-hybridized carbons (Fsp3) is 0.400. The average Bonchev–Trinajstić information content (AvgIpc) is 2.54. The highest BCUT2D eigenvalue weighted by molar-refractivity contribution is 5.33. The van der Waals surface area contributed by atoms with Gasteiger partial charge in [0.15, 0.2) is 0 Å². The lowest BCUT2D eigenvalue weighted by molar-refractivity contribution is -0.0625. The minimum Gasteiger partial charge on any atom is -0.457 e.